The number of rotatable bonds is 15. The molecule has 0 aliphatic heterocycles. The summed E-state index contributed by atoms with van der Waals surface area (Å²) in [7, 11) is 0. The standard InChI is InChI=1S/C16H20O2S2.2C15H22OS2.Ni/c1-10(2)7-8-18-14-6-5-11(3)9-13(14)15-12(4)19-16(17)20-15;2*1-10(2)7-8-16-14-6-5-11(3)9-13(14)15(18)12(4)17;/h5-6,9-10H,7-8H2,1-4H3;2*5-6,9-10,17-18H,7-8H2,1-4H3;/p-4. The molecule has 0 amide bonds. The van der Waals surface area contributed by atoms with Crippen molar-refractivity contribution in [3.05, 3.63) is 106 Å². The Hall–Kier alpha value is -2.24. The van der Waals surface area contributed by atoms with E-state index in [1.807, 2.05) is 77.1 Å². The van der Waals surface area contributed by atoms with Crippen LogP contribution in [-0.2, 0) is 67.0 Å². The number of benzene rings is 3. The van der Waals surface area contributed by atoms with Crippen LogP contribution in [0.15, 0.2) is 69.2 Å². The van der Waals surface area contributed by atoms with E-state index in [2.05, 4.69) is 60.6 Å². The first-order valence-corrected chi connectivity index (χ1v) is 22.5. The summed E-state index contributed by atoms with van der Waals surface area (Å²) in [5.74, 6) is 4.47. The molecule has 0 unspecified atom stereocenters. The van der Waals surface area contributed by atoms with Crippen molar-refractivity contribution in [3.63, 3.8) is 0 Å². The normalized spacial score (nSPS) is 11.8. The number of aryl methyl sites for hydroxylation is 4. The molecule has 0 radical (unpaired) electrons. The molecule has 0 atom stereocenters. The third-order valence-corrected chi connectivity index (χ3v) is 12.3. The molecule has 0 aliphatic rings. The molecule has 4 aromatic rings. The molecule has 57 heavy (non-hydrogen) atoms. The van der Waals surface area contributed by atoms with Crippen molar-refractivity contribution in [2.45, 2.75) is 102 Å². The van der Waals surface area contributed by atoms with Crippen LogP contribution in [-0.4, -0.2) is 19.8 Å². The molecule has 0 fully saturated rings. The summed E-state index contributed by atoms with van der Waals surface area (Å²) in [5.41, 5.74) is 6.46. The van der Waals surface area contributed by atoms with Gasteiger partial charge in [0.25, 0.3) is 4.06 Å². The van der Waals surface area contributed by atoms with Crippen molar-refractivity contribution in [2.24, 2.45) is 17.8 Å². The SMILES string of the molecule is CC([S-])=C([S-])c1cc(C)ccc1OCCC(C)C.CC([S-])=C([S-])c1cc(C)ccc1OCCC(C)C.Cc1ccc(OCCC(C)C)c(-c2sc(=O)sc2C)c1.[Ni]. The summed E-state index contributed by atoms with van der Waals surface area (Å²) in [6, 6.07) is 18.3. The van der Waals surface area contributed by atoms with Gasteiger partial charge in [-0.05, 0) is 112 Å². The van der Waals surface area contributed by atoms with Gasteiger partial charge in [-0.25, -0.2) is 9.81 Å². The Balaban J connectivity index is 0.000000425. The van der Waals surface area contributed by atoms with Gasteiger partial charge in [0, 0.05) is 26.9 Å². The van der Waals surface area contributed by atoms with Gasteiger partial charge >= 0.3 is 0 Å². The van der Waals surface area contributed by atoms with Crippen molar-refractivity contribution in [3.8, 4) is 27.7 Å². The zero-order chi connectivity index (χ0) is 42.1. The van der Waals surface area contributed by atoms with Crippen molar-refractivity contribution >= 4 is 83.0 Å². The van der Waals surface area contributed by atoms with Gasteiger partial charge in [-0.1, -0.05) is 113 Å². The minimum absolute atomic E-state index is 0. The second-order valence-corrected chi connectivity index (χ2v) is 19.7. The topological polar surface area (TPSA) is 44.8 Å². The first kappa shape index (κ1) is 52.8. The van der Waals surface area contributed by atoms with E-state index in [0.29, 0.717) is 47.4 Å². The first-order chi connectivity index (χ1) is 26.3. The Morgan fingerprint density at radius 3 is 1.25 bits per heavy atom. The van der Waals surface area contributed by atoms with Gasteiger partial charge in [0.2, 0.25) is 0 Å². The number of allylic oxidation sites excluding steroid dienone is 2. The fourth-order valence-corrected chi connectivity index (χ4v) is 7.64. The van der Waals surface area contributed by atoms with Crippen molar-refractivity contribution in [2.75, 3.05) is 19.8 Å². The number of ether oxygens (including phenoxy) is 3. The number of hydrogen-bond acceptors (Lipinski definition) is 10. The van der Waals surface area contributed by atoms with E-state index in [0.717, 1.165) is 72.8 Å². The molecule has 3 aromatic carbocycles. The molecule has 4 nitrogen and oxygen atoms in total. The molecule has 0 spiro atoms. The van der Waals surface area contributed by atoms with Gasteiger partial charge < -0.3 is 64.7 Å². The van der Waals surface area contributed by atoms with E-state index in [1.54, 1.807) is 0 Å². The zero-order valence-electron chi connectivity index (χ0n) is 35.6. The monoisotopic (exact) mass is 926 g/mol. The molecule has 1 heterocycles. The van der Waals surface area contributed by atoms with Crippen LogP contribution >= 0.6 is 22.7 Å². The second-order valence-electron chi connectivity index (χ2n) is 15.2. The molecule has 0 saturated heterocycles. The minimum atomic E-state index is 0. The van der Waals surface area contributed by atoms with Gasteiger partial charge in [0.1, 0.15) is 17.2 Å². The van der Waals surface area contributed by atoms with Gasteiger partial charge in [-0.15, -0.1) is 0 Å². The fraction of sp³-hybridized carbons (Fsp3) is 0.457. The quantitative estimate of drug-likeness (QED) is 0.0863. The van der Waals surface area contributed by atoms with E-state index in [1.165, 1.54) is 39.4 Å². The van der Waals surface area contributed by atoms with Crippen LogP contribution in [0.1, 0.15) is 107 Å². The maximum absolute atomic E-state index is 11.6. The second kappa shape index (κ2) is 26.8. The summed E-state index contributed by atoms with van der Waals surface area (Å²) in [6.45, 7) is 27.1. The predicted molar refractivity (Wildman–Crippen MR) is 255 cm³/mol. The Kier molecular flexibility index (Phi) is 24.8. The smallest absolute Gasteiger partial charge is 0.288 e. The summed E-state index contributed by atoms with van der Waals surface area (Å²) >= 11 is 23.7. The average molecular weight is 928 g/mol. The van der Waals surface area contributed by atoms with Gasteiger partial charge in [-0.2, -0.15) is 9.81 Å². The zero-order valence-corrected chi connectivity index (χ0v) is 41.5. The number of hydrogen-bond donors (Lipinski definition) is 0. The average Bonchev–Trinajstić information content (AvgIpc) is 3.46. The van der Waals surface area contributed by atoms with Gasteiger partial charge in [0.15, 0.2) is 0 Å². The van der Waals surface area contributed by atoms with Gasteiger partial charge in [0.05, 0.1) is 24.7 Å². The third-order valence-electron chi connectivity index (χ3n) is 8.38. The van der Waals surface area contributed by atoms with Crippen molar-refractivity contribution in [1.82, 2.24) is 0 Å². The minimum Gasteiger partial charge on any atom is -0.785 e. The van der Waals surface area contributed by atoms with E-state index >= 15 is 0 Å². The molecule has 0 bridgehead atoms. The van der Waals surface area contributed by atoms with Crippen LogP contribution in [0, 0.1) is 45.4 Å². The fourth-order valence-electron chi connectivity index (χ4n) is 5.03. The van der Waals surface area contributed by atoms with Crippen molar-refractivity contribution in [1.29, 1.82) is 0 Å². The maximum atomic E-state index is 11.6. The van der Waals surface area contributed by atoms with Crippen LogP contribution in [0.25, 0.3) is 20.3 Å². The van der Waals surface area contributed by atoms with E-state index in [4.69, 9.17) is 64.7 Å². The largest absolute Gasteiger partial charge is 0.785 e. The first-order valence-electron chi connectivity index (χ1n) is 19.2. The van der Waals surface area contributed by atoms with Crippen LogP contribution in [0.4, 0.5) is 0 Å². The Bertz CT molecular complexity index is 1870. The predicted octanol–water partition coefficient (Wildman–Crippen LogP) is 13.3. The van der Waals surface area contributed by atoms with Gasteiger partial charge in [-0.3, -0.25) is 4.79 Å². The van der Waals surface area contributed by atoms with E-state index < -0.39 is 0 Å². The third kappa shape index (κ3) is 19.1. The summed E-state index contributed by atoms with van der Waals surface area (Å²) in [4.78, 5) is 16.6. The summed E-state index contributed by atoms with van der Waals surface area (Å²) in [5, 5.41) is 0. The molecular formula is C46H60NiO4S6-4. The molecule has 1 aromatic heterocycles. The summed E-state index contributed by atoms with van der Waals surface area (Å²) in [6.07, 6.45) is 3.11. The van der Waals surface area contributed by atoms with Crippen LogP contribution in [0.3, 0.4) is 0 Å². The van der Waals surface area contributed by atoms with Crippen LogP contribution in [0.2, 0.25) is 0 Å². The van der Waals surface area contributed by atoms with E-state index in [9.17, 15) is 4.79 Å². The maximum Gasteiger partial charge on any atom is 0.288 e. The molecule has 4 rings (SSSR count). The molecule has 0 N–H and O–H groups in total. The Morgan fingerprint density at radius 1 is 0.561 bits per heavy atom. The van der Waals surface area contributed by atoms with E-state index in [-0.39, 0.29) is 20.5 Å². The molecule has 318 valence electrons. The molecule has 11 heteroatoms. The Morgan fingerprint density at radius 2 is 0.912 bits per heavy atom. The van der Waals surface area contributed by atoms with Crippen molar-refractivity contribution < 1.29 is 30.7 Å². The van der Waals surface area contributed by atoms with Crippen LogP contribution < -0.4 is 18.3 Å². The Labute approximate surface area is 384 Å². The summed E-state index contributed by atoms with van der Waals surface area (Å²) < 4.78 is 17.7. The molecule has 0 saturated carbocycles. The molecule has 0 aliphatic carbocycles. The van der Waals surface area contributed by atoms with Crippen LogP contribution in [0.5, 0.6) is 17.2 Å². The molecular weight excluding hydrogens is 868 g/mol.